The first-order valence-corrected chi connectivity index (χ1v) is 6.67. The van der Waals surface area contributed by atoms with Gasteiger partial charge >= 0.3 is 0 Å². The van der Waals surface area contributed by atoms with Crippen LogP contribution in [0.3, 0.4) is 0 Å². The van der Waals surface area contributed by atoms with E-state index in [1.54, 1.807) is 6.07 Å². The van der Waals surface area contributed by atoms with Crippen LogP contribution in [0.2, 0.25) is 0 Å². The zero-order valence-corrected chi connectivity index (χ0v) is 11.5. The van der Waals surface area contributed by atoms with Crippen molar-refractivity contribution in [1.82, 2.24) is 5.32 Å². The average Bonchev–Trinajstić information content (AvgIpc) is 2.47. The van der Waals surface area contributed by atoms with Gasteiger partial charge in [0.1, 0.15) is 6.61 Å². The lowest BCUT2D eigenvalue weighted by Gasteiger charge is -2.21. The van der Waals surface area contributed by atoms with Gasteiger partial charge in [-0.1, -0.05) is 6.07 Å². The van der Waals surface area contributed by atoms with E-state index >= 15 is 0 Å². The Labute approximate surface area is 118 Å². The third-order valence-corrected chi connectivity index (χ3v) is 3.05. The minimum absolute atomic E-state index is 0.199. The average molecular weight is 280 g/mol. The monoisotopic (exact) mass is 280 g/mol. The van der Waals surface area contributed by atoms with Gasteiger partial charge in [-0.25, -0.2) is 0 Å². The molecule has 6 nitrogen and oxygen atoms in total. The number of methoxy groups -OCH3 is 1. The summed E-state index contributed by atoms with van der Waals surface area (Å²) in [6, 6.07) is 5.43. The van der Waals surface area contributed by atoms with Gasteiger partial charge in [-0.3, -0.25) is 4.79 Å². The van der Waals surface area contributed by atoms with Crippen molar-refractivity contribution in [3.8, 4) is 5.75 Å². The predicted molar refractivity (Wildman–Crippen MR) is 75.3 cm³/mol. The molecule has 0 aliphatic carbocycles. The van der Waals surface area contributed by atoms with Crippen molar-refractivity contribution in [2.45, 2.75) is 12.5 Å². The van der Waals surface area contributed by atoms with Gasteiger partial charge in [0.2, 0.25) is 0 Å². The number of amides is 1. The van der Waals surface area contributed by atoms with Gasteiger partial charge in [-0.15, -0.1) is 0 Å². The number of aliphatic hydroxyl groups excluding tert-OH is 1. The van der Waals surface area contributed by atoms with Crippen molar-refractivity contribution < 1.29 is 19.4 Å². The van der Waals surface area contributed by atoms with Gasteiger partial charge in [-0.05, 0) is 18.6 Å². The molecule has 0 aromatic heterocycles. The molecule has 110 valence electrons. The highest BCUT2D eigenvalue weighted by molar-refractivity contribution is 5.98. The van der Waals surface area contributed by atoms with Gasteiger partial charge in [0.05, 0.1) is 24.0 Å². The summed E-state index contributed by atoms with van der Waals surface area (Å²) < 4.78 is 10.4. The summed E-state index contributed by atoms with van der Waals surface area (Å²) in [7, 11) is 1.53. The number of hydrogen-bond donors (Lipinski definition) is 3. The van der Waals surface area contributed by atoms with E-state index in [1.165, 1.54) is 7.11 Å². The number of para-hydroxylation sites is 1. The number of carbonyl (C=O) groups is 1. The Kier molecular flexibility index (Phi) is 5.20. The van der Waals surface area contributed by atoms with Gasteiger partial charge in [0, 0.05) is 20.2 Å². The number of aliphatic hydroxyl groups is 1. The Morgan fingerprint density at radius 2 is 2.45 bits per heavy atom. The maximum atomic E-state index is 12.1. The lowest BCUT2D eigenvalue weighted by atomic mass is 10.1. The first-order chi connectivity index (χ1) is 9.72. The molecule has 1 aliphatic heterocycles. The highest BCUT2D eigenvalue weighted by Crippen LogP contribution is 2.30. The molecule has 1 aliphatic rings. The van der Waals surface area contributed by atoms with E-state index in [-0.39, 0.29) is 12.5 Å². The second-order valence-electron chi connectivity index (χ2n) is 4.61. The van der Waals surface area contributed by atoms with Crippen LogP contribution >= 0.6 is 0 Å². The van der Waals surface area contributed by atoms with Crippen LogP contribution in [-0.2, 0) is 4.74 Å². The van der Waals surface area contributed by atoms with Crippen LogP contribution in [0.25, 0.3) is 0 Å². The van der Waals surface area contributed by atoms with Crippen LogP contribution < -0.4 is 15.4 Å². The van der Waals surface area contributed by atoms with Crippen molar-refractivity contribution in [2.24, 2.45) is 0 Å². The van der Waals surface area contributed by atoms with Crippen molar-refractivity contribution in [3.63, 3.8) is 0 Å². The fraction of sp³-hybridized carbons (Fsp3) is 0.500. The quantitative estimate of drug-likeness (QED) is 0.712. The molecule has 0 radical (unpaired) electrons. The van der Waals surface area contributed by atoms with Gasteiger partial charge < -0.3 is 25.2 Å². The van der Waals surface area contributed by atoms with E-state index in [2.05, 4.69) is 10.6 Å². The van der Waals surface area contributed by atoms with Crippen LogP contribution in [0.15, 0.2) is 18.2 Å². The summed E-state index contributed by atoms with van der Waals surface area (Å²) in [4.78, 5) is 12.1. The molecule has 0 saturated carbocycles. The van der Waals surface area contributed by atoms with Crippen molar-refractivity contribution in [2.75, 3.05) is 38.7 Å². The second kappa shape index (κ2) is 7.12. The minimum atomic E-state index is -0.567. The molecule has 0 bridgehead atoms. The smallest absolute Gasteiger partial charge is 0.255 e. The number of nitrogens with one attached hydrogen (secondary N) is 2. The Morgan fingerprint density at radius 3 is 3.25 bits per heavy atom. The maximum absolute atomic E-state index is 12.1. The number of benzene rings is 1. The number of carbonyl (C=O) groups excluding carboxylic acids is 1. The molecule has 3 N–H and O–H groups in total. The second-order valence-corrected chi connectivity index (χ2v) is 4.61. The predicted octanol–water partition coefficient (Wildman–Crippen LogP) is 0.618. The summed E-state index contributed by atoms with van der Waals surface area (Å²) in [5.41, 5.74) is 1.35. The molecule has 1 atom stereocenters. The van der Waals surface area contributed by atoms with E-state index < -0.39 is 6.10 Å². The molecule has 2 rings (SSSR count). The first kappa shape index (κ1) is 14.6. The Balaban J connectivity index is 1.93. The van der Waals surface area contributed by atoms with Crippen LogP contribution in [0.5, 0.6) is 5.75 Å². The summed E-state index contributed by atoms with van der Waals surface area (Å²) in [6.45, 7) is 1.94. The summed E-state index contributed by atoms with van der Waals surface area (Å²) in [6.07, 6.45) is -0.115. The Hall–Kier alpha value is -1.79. The van der Waals surface area contributed by atoms with E-state index in [0.717, 1.165) is 12.2 Å². The Bertz CT molecular complexity index is 464. The largest absolute Gasteiger partial charge is 0.489 e. The van der Waals surface area contributed by atoms with Gasteiger partial charge in [0.25, 0.3) is 5.91 Å². The normalized spacial score (nSPS) is 14.7. The molecule has 1 amide bonds. The van der Waals surface area contributed by atoms with E-state index in [1.807, 2.05) is 12.1 Å². The zero-order chi connectivity index (χ0) is 14.4. The summed E-state index contributed by atoms with van der Waals surface area (Å²) >= 11 is 0. The zero-order valence-electron chi connectivity index (χ0n) is 11.5. The van der Waals surface area contributed by atoms with Crippen LogP contribution in [0, 0.1) is 0 Å². The number of fused-ring (bicyclic) bond motifs is 1. The lowest BCUT2D eigenvalue weighted by molar-refractivity contribution is 0.0587. The fourth-order valence-electron chi connectivity index (χ4n) is 2.07. The molecule has 1 aromatic carbocycles. The van der Waals surface area contributed by atoms with Crippen LogP contribution in [0.4, 0.5) is 5.69 Å². The standard InChI is InChI=1S/C14H20N2O4/c1-19-9-10(17)5-6-16-14(18)11-3-2-4-12-13(11)20-8-7-15-12/h2-4,10,15,17H,5-9H2,1H3,(H,16,18). The van der Waals surface area contributed by atoms with E-state index in [0.29, 0.717) is 30.9 Å². The van der Waals surface area contributed by atoms with Crippen molar-refractivity contribution in [3.05, 3.63) is 23.8 Å². The molecule has 0 fully saturated rings. The molecular formula is C14H20N2O4. The number of rotatable bonds is 6. The lowest BCUT2D eigenvalue weighted by Crippen LogP contribution is -2.29. The number of ether oxygens (including phenoxy) is 2. The molecule has 0 spiro atoms. The highest BCUT2D eigenvalue weighted by Gasteiger charge is 2.18. The van der Waals surface area contributed by atoms with Crippen LogP contribution in [0.1, 0.15) is 16.8 Å². The number of anilines is 1. The first-order valence-electron chi connectivity index (χ1n) is 6.67. The van der Waals surface area contributed by atoms with Gasteiger partial charge in [0.15, 0.2) is 5.75 Å². The summed E-state index contributed by atoms with van der Waals surface area (Å²) in [5.74, 6) is 0.392. The molecule has 0 saturated heterocycles. The highest BCUT2D eigenvalue weighted by atomic mass is 16.5. The number of hydrogen-bond acceptors (Lipinski definition) is 5. The van der Waals surface area contributed by atoms with Crippen molar-refractivity contribution >= 4 is 11.6 Å². The third kappa shape index (κ3) is 3.61. The molecular weight excluding hydrogens is 260 g/mol. The van der Waals surface area contributed by atoms with Gasteiger partial charge in [-0.2, -0.15) is 0 Å². The minimum Gasteiger partial charge on any atom is -0.489 e. The van der Waals surface area contributed by atoms with Crippen molar-refractivity contribution in [1.29, 1.82) is 0 Å². The fourth-order valence-corrected chi connectivity index (χ4v) is 2.07. The molecule has 20 heavy (non-hydrogen) atoms. The third-order valence-electron chi connectivity index (χ3n) is 3.05. The van der Waals surface area contributed by atoms with Crippen LogP contribution in [-0.4, -0.2) is 50.5 Å². The van der Waals surface area contributed by atoms with E-state index in [9.17, 15) is 9.90 Å². The summed E-state index contributed by atoms with van der Waals surface area (Å²) in [5, 5.41) is 15.5. The SMILES string of the molecule is COCC(O)CCNC(=O)c1cccc2c1OCCN2. The molecule has 1 unspecified atom stereocenters. The molecule has 1 heterocycles. The Morgan fingerprint density at radius 1 is 1.60 bits per heavy atom. The maximum Gasteiger partial charge on any atom is 0.255 e. The molecule has 1 aromatic rings. The topological polar surface area (TPSA) is 79.8 Å². The van der Waals surface area contributed by atoms with E-state index in [4.69, 9.17) is 9.47 Å². The molecule has 6 heteroatoms.